The number of likely N-dealkylation sites (tertiary alicyclic amines) is 1. The molecule has 4 rings (SSSR count). The maximum atomic E-state index is 12.3. The summed E-state index contributed by atoms with van der Waals surface area (Å²) in [7, 11) is 5.91. The Balaban J connectivity index is 1.41. The van der Waals surface area contributed by atoms with Gasteiger partial charge in [0.2, 0.25) is 5.91 Å². The molecule has 0 bridgehead atoms. The van der Waals surface area contributed by atoms with Crippen LogP contribution >= 0.6 is 0 Å². The largest absolute Gasteiger partial charge is 0.464 e. The van der Waals surface area contributed by atoms with E-state index in [1.54, 1.807) is 4.68 Å². The van der Waals surface area contributed by atoms with E-state index >= 15 is 0 Å². The molecule has 1 aliphatic carbocycles. The predicted octanol–water partition coefficient (Wildman–Crippen LogP) is 2.79. The lowest BCUT2D eigenvalue weighted by Crippen LogP contribution is -2.30. The van der Waals surface area contributed by atoms with Gasteiger partial charge < -0.3 is 9.32 Å². The molecule has 3 heterocycles. The van der Waals surface area contributed by atoms with Gasteiger partial charge in [-0.3, -0.25) is 14.4 Å². The molecule has 1 saturated heterocycles. The molecule has 26 heavy (non-hydrogen) atoms. The Labute approximate surface area is 154 Å². The smallest absolute Gasteiger partial charge is 0.223 e. The van der Waals surface area contributed by atoms with E-state index in [4.69, 9.17) is 4.42 Å². The van der Waals surface area contributed by atoms with Gasteiger partial charge in [0, 0.05) is 50.7 Å². The van der Waals surface area contributed by atoms with Crippen LogP contribution in [0, 0.1) is 11.8 Å². The maximum Gasteiger partial charge on any atom is 0.223 e. The van der Waals surface area contributed by atoms with Gasteiger partial charge in [0.15, 0.2) is 0 Å². The van der Waals surface area contributed by atoms with Crippen LogP contribution in [0.1, 0.15) is 48.8 Å². The minimum Gasteiger partial charge on any atom is -0.464 e. The van der Waals surface area contributed by atoms with E-state index in [1.807, 2.05) is 31.4 Å². The van der Waals surface area contributed by atoms with E-state index in [9.17, 15) is 4.79 Å². The first kappa shape index (κ1) is 17.3. The Morgan fingerprint density at radius 3 is 2.77 bits per heavy atom. The summed E-state index contributed by atoms with van der Waals surface area (Å²) < 4.78 is 7.84. The molecule has 140 valence electrons. The summed E-state index contributed by atoms with van der Waals surface area (Å²) in [5.74, 6) is 3.99. The fraction of sp³-hybridized carbons (Fsp3) is 0.600. The molecule has 2 aromatic rings. The molecule has 2 aliphatic rings. The number of hydrogen-bond donors (Lipinski definition) is 0. The number of hydrogen-bond acceptors (Lipinski definition) is 4. The second kappa shape index (κ2) is 6.58. The molecular formula is C20H28N4O2. The van der Waals surface area contributed by atoms with Crippen LogP contribution in [-0.4, -0.2) is 46.1 Å². The highest BCUT2D eigenvalue weighted by Gasteiger charge is 2.40. The minimum atomic E-state index is 0.0955. The Morgan fingerprint density at radius 2 is 2.12 bits per heavy atom. The Hall–Kier alpha value is -2.08. The quantitative estimate of drug-likeness (QED) is 0.799. The number of aryl methyl sites for hydroxylation is 1. The Morgan fingerprint density at radius 1 is 1.35 bits per heavy atom. The first-order valence-corrected chi connectivity index (χ1v) is 9.43. The van der Waals surface area contributed by atoms with Crippen molar-refractivity contribution in [3.8, 4) is 0 Å². The number of amides is 1. The van der Waals surface area contributed by atoms with Gasteiger partial charge in [-0.1, -0.05) is 6.92 Å². The van der Waals surface area contributed by atoms with Gasteiger partial charge in [-0.05, 0) is 31.5 Å². The minimum absolute atomic E-state index is 0.0955. The normalized spacial score (nSPS) is 28.3. The molecule has 0 radical (unpaired) electrons. The molecule has 4 atom stereocenters. The summed E-state index contributed by atoms with van der Waals surface area (Å²) in [6.45, 7) is 3.89. The van der Waals surface area contributed by atoms with E-state index in [1.165, 1.54) is 6.42 Å². The Bertz CT molecular complexity index is 795. The Kier molecular flexibility index (Phi) is 4.39. The monoisotopic (exact) mass is 356 g/mol. The lowest BCUT2D eigenvalue weighted by Gasteiger charge is -2.27. The molecule has 1 saturated carbocycles. The van der Waals surface area contributed by atoms with Gasteiger partial charge in [0.25, 0.3) is 0 Å². The number of nitrogens with zero attached hydrogens (tertiary/aromatic N) is 4. The lowest BCUT2D eigenvalue weighted by atomic mass is 9.95. The van der Waals surface area contributed by atoms with Crippen LogP contribution in [0.3, 0.4) is 0 Å². The fourth-order valence-electron chi connectivity index (χ4n) is 4.33. The highest BCUT2D eigenvalue weighted by Crippen LogP contribution is 2.47. The zero-order valence-electron chi connectivity index (χ0n) is 16.1. The van der Waals surface area contributed by atoms with Crippen LogP contribution in [0.25, 0.3) is 0 Å². The molecule has 6 nitrogen and oxygen atoms in total. The average molecular weight is 356 g/mol. The predicted molar refractivity (Wildman–Crippen MR) is 98.4 cm³/mol. The average Bonchev–Trinajstić information content (AvgIpc) is 2.90. The number of aromatic nitrogens is 2. The third-order valence-corrected chi connectivity index (χ3v) is 5.89. The van der Waals surface area contributed by atoms with Crippen molar-refractivity contribution in [2.75, 3.05) is 20.6 Å². The molecule has 0 unspecified atom stereocenters. The summed E-state index contributed by atoms with van der Waals surface area (Å²) in [5.41, 5.74) is 1.11. The van der Waals surface area contributed by atoms with Gasteiger partial charge in [0.05, 0.1) is 18.8 Å². The second-order valence-electron chi connectivity index (χ2n) is 8.18. The van der Waals surface area contributed by atoms with Crippen LogP contribution in [-0.2, 0) is 18.4 Å². The van der Waals surface area contributed by atoms with Gasteiger partial charge in [-0.15, -0.1) is 0 Å². The number of carbonyl (C=O) groups excluding carboxylic acids is 1. The van der Waals surface area contributed by atoms with Gasteiger partial charge in [0.1, 0.15) is 11.5 Å². The van der Waals surface area contributed by atoms with E-state index in [2.05, 4.69) is 36.1 Å². The van der Waals surface area contributed by atoms with E-state index < -0.39 is 0 Å². The molecule has 6 heteroatoms. The first-order chi connectivity index (χ1) is 12.4. The maximum absolute atomic E-state index is 12.3. The SMILES string of the molecule is C[C@@H]1C[C@H]1c1ccc(CN(C)C[C@@H]2CC(=O)N(C)[C@H]2c2cnn(C)c2)o1. The van der Waals surface area contributed by atoms with Gasteiger partial charge >= 0.3 is 0 Å². The number of carbonyl (C=O) groups is 1. The van der Waals surface area contributed by atoms with E-state index in [0.29, 0.717) is 12.3 Å². The van der Waals surface area contributed by atoms with Crippen molar-refractivity contribution in [1.82, 2.24) is 19.6 Å². The van der Waals surface area contributed by atoms with Crippen LogP contribution in [0.2, 0.25) is 0 Å². The molecule has 1 aliphatic heterocycles. The van der Waals surface area contributed by atoms with E-state index in [0.717, 1.165) is 36.1 Å². The van der Waals surface area contributed by atoms with Gasteiger partial charge in [-0.25, -0.2) is 0 Å². The van der Waals surface area contributed by atoms with Crippen molar-refractivity contribution in [2.45, 2.75) is 38.3 Å². The number of rotatable bonds is 6. The summed E-state index contributed by atoms with van der Waals surface area (Å²) in [6, 6.07) is 4.32. The number of furan rings is 1. The lowest BCUT2D eigenvalue weighted by molar-refractivity contribution is -0.127. The van der Waals surface area contributed by atoms with Crippen LogP contribution in [0.5, 0.6) is 0 Å². The van der Waals surface area contributed by atoms with Crippen LogP contribution in [0.4, 0.5) is 0 Å². The second-order valence-corrected chi connectivity index (χ2v) is 8.18. The summed E-state index contributed by atoms with van der Waals surface area (Å²) >= 11 is 0. The van der Waals surface area contributed by atoms with Crippen molar-refractivity contribution in [3.05, 3.63) is 41.6 Å². The summed E-state index contributed by atoms with van der Waals surface area (Å²) in [4.78, 5) is 16.4. The van der Waals surface area contributed by atoms with Crippen LogP contribution < -0.4 is 0 Å². The van der Waals surface area contributed by atoms with Crippen molar-refractivity contribution < 1.29 is 9.21 Å². The molecule has 0 aromatic carbocycles. The highest BCUT2D eigenvalue weighted by molar-refractivity contribution is 5.79. The molecule has 0 spiro atoms. The standard InChI is InChI=1S/C20H28N4O2/c1-13-7-17(13)18-6-5-16(26-18)12-22(2)10-14-8-19(25)24(4)20(14)15-9-21-23(3)11-15/h5-6,9,11,13-14,17,20H,7-8,10,12H2,1-4H3/t13-,14+,17-,20-/m1/s1. The molecular weight excluding hydrogens is 328 g/mol. The van der Waals surface area contributed by atoms with Crippen molar-refractivity contribution in [2.24, 2.45) is 18.9 Å². The van der Waals surface area contributed by atoms with Crippen molar-refractivity contribution in [1.29, 1.82) is 0 Å². The van der Waals surface area contributed by atoms with Gasteiger partial charge in [-0.2, -0.15) is 5.10 Å². The van der Waals surface area contributed by atoms with Crippen molar-refractivity contribution >= 4 is 5.91 Å². The summed E-state index contributed by atoms with van der Waals surface area (Å²) in [5, 5.41) is 4.28. The van der Waals surface area contributed by atoms with E-state index in [-0.39, 0.29) is 17.9 Å². The zero-order chi connectivity index (χ0) is 18.4. The third kappa shape index (κ3) is 3.30. The first-order valence-electron chi connectivity index (χ1n) is 9.43. The highest BCUT2D eigenvalue weighted by atomic mass is 16.3. The zero-order valence-corrected chi connectivity index (χ0v) is 16.1. The molecule has 1 amide bonds. The molecule has 0 N–H and O–H groups in total. The molecule has 2 aromatic heterocycles. The molecule has 2 fully saturated rings. The van der Waals surface area contributed by atoms with Crippen LogP contribution in [0.15, 0.2) is 28.9 Å². The summed E-state index contributed by atoms with van der Waals surface area (Å²) in [6.07, 6.45) is 5.72. The topological polar surface area (TPSA) is 54.5 Å². The third-order valence-electron chi connectivity index (χ3n) is 5.89. The van der Waals surface area contributed by atoms with Crippen molar-refractivity contribution in [3.63, 3.8) is 0 Å². The fourth-order valence-corrected chi connectivity index (χ4v) is 4.33.